The van der Waals surface area contributed by atoms with E-state index in [-0.39, 0.29) is 17.1 Å². The normalized spacial score (nSPS) is 9.96. The molecule has 1 heterocycles. The second-order valence-electron chi connectivity index (χ2n) is 4.29. The summed E-state index contributed by atoms with van der Waals surface area (Å²) in [7, 11) is 0. The van der Waals surface area contributed by atoms with E-state index in [4.69, 9.17) is 16.3 Å². The van der Waals surface area contributed by atoms with Gasteiger partial charge in [-0.05, 0) is 18.2 Å². The van der Waals surface area contributed by atoms with E-state index >= 15 is 0 Å². The molecule has 1 N–H and O–H groups in total. The number of aromatic nitrogens is 1. The van der Waals surface area contributed by atoms with Crippen LogP contribution in [0.2, 0.25) is 5.02 Å². The van der Waals surface area contributed by atoms with Crippen LogP contribution in [0.4, 0.5) is 11.4 Å². The Kier molecular flexibility index (Phi) is 5.21. The molecule has 0 spiro atoms. The van der Waals surface area contributed by atoms with Crippen molar-refractivity contribution in [1.82, 2.24) is 4.98 Å². The zero-order chi connectivity index (χ0) is 16.8. The number of anilines is 1. The number of nitro groups is 1. The molecular weight excluding hydrogens is 326 g/mol. The van der Waals surface area contributed by atoms with Crippen LogP contribution in [0.25, 0.3) is 0 Å². The molecule has 118 valence electrons. The summed E-state index contributed by atoms with van der Waals surface area (Å²) in [4.78, 5) is 37.2. The van der Waals surface area contributed by atoms with Crippen molar-refractivity contribution >= 4 is 34.9 Å². The molecule has 0 unspecified atom stereocenters. The van der Waals surface area contributed by atoms with Gasteiger partial charge in [-0.1, -0.05) is 17.7 Å². The van der Waals surface area contributed by atoms with Gasteiger partial charge in [0, 0.05) is 29.0 Å². The largest absolute Gasteiger partial charge is 0.451 e. The maximum Gasteiger partial charge on any atom is 0.357 e. The number of esters is 1. The van der Waals surface area contributed by atoms with Crippen molar-refractivity contribution in [3.8, 4) is 0 Å². The van der Waals surface area contributed by atoms with E-state index < -0.39 is 23.4 Å². The van der Waals surface area contributed by atoms with Crippen LogP contribution in [0, 0.1) is 10.1 Å². The molecule has 1 aromatic carbocycles. The van der Waals surface area contributed by atoms with Gasteiger partial charge in [0.25, 0.3) is 11.6 Å². The van der Waals surface area contributed by atoms with Crippen LogP contribution < -0.4 is 5.32 Å². The second kappa shape index (κ2) is 7.32. The summed E-state index contributed by atoms with van der Waals surface area (Å²) < 4.78 is 4.79. The highest BCUT2D eigenvalue weighted by molar-refractivity contribution is 6.30. The van der Waals surface area contributed by atoms with Gasteiger partial charge in [-0.2, -0.15) is 0 Å². The highest BCUT2D eigenvalue weighted by Crippen LogP contribution is 2.17. The Morgan fingerprint density at radius 2 is 2.09 bits per heavy atom. The van der Waals surface area contributed by atoms with Crippen molar-refractivity contribution in [2.45, 2.75) is 0 Å². The number of pyridine rings is 1. The summed E-state index contributed by atoms with van der Waals surface area (Å²) in [6.07, 6.45) is 1.34. The zero-order valence-corrected chi connectivity index (χ0v) is 12.3. The minimum atomic E-state index is -0.804. The molecule has 0 aliphatic heterocycles. The number of nitro benzene ring substituents is 1. The van der Waals surface area contributed by atoms with Crippen LogP contribution in [0.1, 0.15) is 10.5 Å². The molecule has 8 nitrogen and oxygen atoms in total. The average molecular weight is 336 g/mol. The molecule has 23 heavy (non-hydrogen) atoms. The Balaban J connectivity index is 1.91. The van der Waals surface area contributed by atoms with E-state index in [0.29, 0.717) is 5.02 Å². The molecular formula is C14H10ClN3O5. The fourth-order valence-corrected chi connectivity index (χ4v) is 1.78. The quantitative estimate of drug-likeness (QED) is 0.510. The van der Waals surface area contributed by atoms with Crippen LogP contribution in [0.15, 0.2) is 42.6 Å². The van der Waals surface area contributed by atoms with Gasteiger partial charge in [-0.15, -0.1) is 0 Å². The predicted octanol–water partition coefficient (Wildman–Crippen LogP) is 2.44. The third kappa shape index (κ3) is 4.75. The minimum absolute atomic E-state index is 0.0272. The molecule has 0 fully saturated rings. The molecule has 2 aromatic rings. The van der Waals surface area contributed by atoms with E-state index in [1.807, 2.05) is 0 Å². The molecule has 9 heteroatoms. The van der Waals surface area contributed by atoms with E-state index in [9.17, 15) is 19.7 Å². The Morgan fingerprint density at radius 3 is 2.78 bits per heavy atom. The molecule has 0 bridgehead atoms. The highest BCUT2D eigenvalue weighted by atomic mass is 35.5. The summed E-state index contributed by atoms with van der Waals surface area (Å²) in [5.74, 6) is -1.44. The number of amides is 1. The lowest BCUT2D eigenvalue weighted by atomic mass is 10.3. The number of benzene rings is 1. The Labute approximate surface area is 135 Å². The Morgan fingerprint density at radius 1 is 1.30 bits per heavy atom. The van der Waals surface area contributed by atoms with E-state index in [2.05, 4.69) is 10.3 Å². The van der Waals surface area contributed by atoms with Crippen molar-refractivity contribution in [3.63, 3.8) is 0 Å². The van der Waals surface area contributed by atoms with Gasteiger partial charge in [0.2, 0.25) is 0 Å². The van der Waals surface area contributed by atoms with Crippen LogP contribution >= 0.6 is 11.6 Å². The Bertz CT molecular complexity index is 766. The van der Waals surface area contributed by atoms with Gasteiger partial charge in [0.15, 0.2) is 6.61 Å². The number of nitrogens with one attached hydrogen (secondary N) is 1. The Hall–Kier alpha value is -3.00. The minimum Gasteiger partial charge on any atom is -0.451 e. The number of carbonyl (C=O) groups excluding carboxylic acids is 2. The molecule has 0 radical (unpaired) electrons. The van der Waals surface area contributed by atoms with E-state index in [0.717, 1.165) is 0 Å². The number of non-ortho nitro benzene ring substituents is 1. The monoisotopic (exact) mass is 335 g/mol. The average Bonchev–Trinajstić information content (AvgIpc) is 2.53. The van der Waals surface area contributed by atoms with E-state index in [1.54, 1.807) is 0 Å². The van der Waals surface area contributed by atoms with Gasteiger partial charge >= 0.3 is 5.97 Å². The molecule has 0 aliphatic carbocycles. The van der Waals surface area contributed by atoms with Crippen molar-refractivity contribution in [3.05, 3.63) is 63.4 Å². The first-order chi connectivity index (χ1) is 11.0. The predicted molar refractivity (Wildman–Crippen MR) is 81.3 cm³/mol. The number of carbonyl (C=O) groups is 2. The number of ether oxygens (including phenoxy) is 1. The van der Waals surface area contributed by atoms with Crippen LogP contribution in [-0.4, -0.2) is 28.4 Å². The van der Waals surface area contributed by atoms with Crippen LogP contribution in [0.5, 0.6) is 0 Å². The first-order valence-electron chi connectivity index (χ1n) is 6.28. The van der Waals surface area contributed by atoms with Gasteiger partial charge in [0.1, 0.15) is 5.69 Å². The molecule has 2 rings (SSSR count). The molecule has 0 saturated carbocycles. The molecule has 1 amide bonds. The SMILES string of the molecule is O=C(COC(=O)c1cc(Cl)ccn1)Nc1cccc([N+](=O)[O-])c1. The van der Waals surface area contributed by atoms with Crippen LogP contribution in [0.3, 0.4) is 0 Å². The summed E-state index contributed by atoms with van der Waals surface area (Å²) in [5, 5.41) is 13.3. The summed E-state index contributed by atoms with van der Waals surface area (Å²) in [5.41, 5.74) is 0.0321. The van der Waals surface area contributed by atoms with Crippen molar-refractivity contribution in [2.24, 2.45) is 0 Å². The lowest BCUT2D eigenvalue weighted by Gasteiger charge is -2.06. The number of nitrogens with zero attached hydrogens (tertiary/aromatic N) is 2. The maximum absolute atomic E-state index is 11.7. The summed E-state index contributed by atoms with van der Waals surface area (Å²) in [6, 6.07) is 8.19. The molecule has 0 aliphatic rings. The second-order valence-corrected chi connectivity index (χ2v) is 4.73. The fraction of sp³-hybridized carbons (Fsp3) is 0.0714. The lowest BCUT2D eigenvalue weighted by molar-refractivity contribution is -0.384. The highest BCUT2D eigenvalue weighted by Gasteiger charge is 2.13. The van der Waals surface area contributed by atoms with E-state index in [1.165, 1.54) is 42.6 Å². The van der Waals surface area contributed by atoms with Crippen molar-refractivity contribution < 1.29 is 19.2 Å². The summed E-state index contributed by atoms with van der Waals surface area (Å²) in [6.45, 7) is -0.560. The standard InChI is InChI=1S/C14H10ClN3O5/c15-9-4-5-16-12(6-9)14(20)23-8-13(19)17-10-2-1-3-11(7-10)18(21)22/h1-7H,8H2,(H,17,19). The number of rotatable bonds is 5. The first kappa shape index (κ1) is 16.4. The third-order valence-electron chi connectivity index (χ3n) is 2.61. The number of halogens is 1. The third-order valence-corrected chi connectivity index (χ3v) is 2.84. The lowest BCUT2D eigenvalue weighted by Crippen LogP contribution is -2.21. The van der Waals surface area contributed by atoms with Crippen molar-refractivity contribution in [1.29, 1.82) is 0 Å². The van der Waals surface area contributed by atoms with Gasteiger partial charge in [-0.3, -0.25) is 14.9 Å². The van der Waals surface area contributed by atoms with Crippen molar-refractivity contribution in [2.75, 3.05) is 11.9 Å². The smallest absolute Gasteiger partial charge is 0.357 e. The number of hydrogen-bond donors (Lipinski definition) is 1. The fourth-order valence-electron chi connectivity index (χ4n) is 1.62. The van der Waals surface area contributed by atoms with Crippen LogP contribution in [-0.2, 0) is 9.53 Å². The zero-order valence-electron chi connectivity index (χ0n) is 11.6. The molecule has 0 atom stereocenters. The summed E-state index contributed by atoms with van der Waals surface area (Å²) >= 11 is 5.72. The first-order valence-corrected chi connectivity index (χ1v) is 6.66. The molecule has 0 saturated heterocycles. The maximum atomic E-state index is 11.7. The molecule has 1 aromatic heterocycles. The van der Waals surface area contributed by atoms with Gasteiger partial charge in [0.05, 0.1) is 4.92 Å². The van der Waals surface area contributed by atoms with Gasteiger partial charge in [-0.25, -0.2) is 9.78 Å². The topological polar surface area (TPSA) is 111 Å². The number of hydrogen-bond acceptors (Lipinski definition) is 6. The van der Waals surface area contributed by atoms with Gasteiger partial charge < -0.3 is 10.1 Å².